The van der Waals surface area contributed by atoms with Crippen molar-refractivity contribution in [3.63, 3.8) is 0 Å². The maximum Gasteiger partial charge on any atom is 0.363 e. The summed E-state index contributed by atoms with van der Waals surface area (Å²) >= 11 is 1.58. The van der Waals surface area contributed by atoms with Crippen LogP contribution in [-0.2, 0) is 0 Å². The van der Waals surface area contributed by atoms with Gasteiger partial charge in [-0.25, -0.2) is 4.98 Å². The van der Waals surface area contributed by atoms with Crippen LogP contribution >= 0.6 is 11.3 Å². The van der Waals surface area contributed by atoms with Gasteiger partial charge in [0.2, 0.25) is 0 Å². The molecule has 2 heterocycles. The van der Waals surface area contributed by atoms with Crippen LogP contribution in [0, 0.1) is 10.1 Å². The van der Waals surface area contributed by atoms with Crippen LogP contribution in [0.25, 0.3) is 21.3 Å². The molecule has 0 fully saturated rings. The Morgan fingerprint density at radius 1 is 1.11 bits per heavy atom. The van der Waals surface area contributed by atoms with Crippen LogP contribution < -0.4 is 0 Å². The minimum Gasteiger partial charge on any atom is -0.358 e. The first-order chi connectivity index (χ1) is 8.74. The lowest BCUT2D eigenvalue weighted by Crippen LogP contribution is -1.91. The van der Waals surface area contributed by atoms with Gasteiger partial charge in [0.1, 0.15) is 6.20 Å². The van der Waals surface area contributed by atoms with Crippen LogP contribution in [0.4, 0.5) is 5.82 Å². The SMILES string of the molecule is O=[N+]([O-])c1ccc(-c2ccc3scnc3c2)cn1. The Bertz CT molecular complexity index is 722. The number of nitrogens with zero attached hydrogens (tertiary/aromatic N) is 3. The lowest BCUT2D eigenvalue weighted by Gasteiger charge is -1.99. The molecule has 0 N–H and O–H groups in total. The van der Waals surface area contributed by atoms with Crippen molar-refractivity contribution < 1.29 is 4.92 Å². The van der Waals surface area contributed by atoms with Gasteiger partial charge in [-0.1, -0.05) is 6.07 Å². The maximum absolute atomic E-state index is 10.5. The van der Waals surface area contributed by atoms with Crippen molar-refractivity contribution in [1.82, 2.24) is 9.97 Å². The molecule has 0 aliphatic heterocycles. The van der Waals surface area contributed by atoms with Crippen molar-refractivity contribution in [1.29, 1.82) is 0 Å². The number of hydrogen-bond acceptors (Lipinski definition) is 5. The van der Waals surface area contributed by atoms with Gasteiger partial charge in [0.05, 0.1) is 15.7 Å². The van der Waals surface area contributed by atoms with Crippen LogP contribution in [0.3, 0.4) is 0 Å². The Morgan fingerprint density at radius 2 is 1.94 bits per heavy atom. The van der Waals surface area contributed by atoms with Gasteiger partial charge in [-0.05, 0) is 33.7 Å². The van der Waals surface area contributed by atoms with Crippen molar-refractivity contribution in [2.45, 2.75) is 0 Å². The molecular formula is C12H7N3O2S. The molecule has 0 saturated heterocycles. The molecular weight excluding hydrogens is 250 g/mol. The van der Waals surface area contributed by atoms with Crippen LogP contribution in [0.2, 0.25) is 0 Å². The third-order valence-corrected chi connectivity index (χ3v) is 3.41. The van der Waals surface area contributed by atoms with E-state index in [1.807, 2.05) is 18.2 Å². The number of hydrogen-bond donors (Lipinski definition) is 0. The van der Waals surface area contributed by atoms with Gasteiger partial charge in [-0.15, -0.1) is 11.3 Å². The molecule has 88 valence electrons. The third-order valence-electron chi connectivity index (χ3n) is 2.60. The van der Waals surface area contributed by atoms with Gasteiger partial charge in [-0.2, -0.15) is 0 Å². The van der Waals surface area contributed by atoms with Crippen LogP contribution in [0.5, 0.6) is 0 Å². The Hall–Kier alpha value is -2.34. The third kappa shape index (κ3) is 1.82. The molecule has 3 aromatic rings. The maximum atomic E-state index is 10.5. The Morgan fingerprint density at radius 3 is 2.67 bits per heavy atom. The summed E-state index contributed by atoms with van der Waals surface area (Å²) in [7, 11) is 0. The van der Waals surface area contributed by atoms with Crippen molar-refractivity contribution in [3.05, 3.63) is 52.2 Å². The highest BCUT2D eigenvalue weighted by Crippen LogP contribution is 2.26. The van der Waals surface area contributed by atoms with E-state index in [0.717, 1.165) is 21.3 Å². The molecule has 18 heavy (non-hydrogen) atoms. The topological polar surface area (TPSA) is 68.9 Å². The standard InChI is InChI=1S/C12H7N3O2S/c16-15(17)12-4-2-9(6-13-12)8-1-3-11-10(5-8)14-7-18-11/h1-7H. The highest BCUT2D eigenvalue weighted by Gasteiger charge is 2.08. The summed E-state index contributed by atoms with van der Waals surface area (Å²) in [6.45, 7) is 0. The number of aromatic nitrogens is 2. The highest BCUT2D eigenvalue weighted by atomic mass is 32.1. The summed E-state index contributed by atoms with van der Waals surface area (Å²) in [5.74, 6) is -0.145. The van der Waals surface area contributed by atoms with Gasteiger partial charge in [0.25, 0.3) is 0 Å². The fourth-order valence-electron chi connectivity index (χ4n) is 1.70. The summed E-state index contributed by atoms with van der Waals surface area (Å²) in [6.07, 6.45) is 1.51. The van der Waals surface area contributed by atoms with Crippen molar-refractivity contribution in [2.24, 2.45) is 0 Å². The smallest absolute Gasteiger partial charge is 0.358 e. The Balaban J connectivity index is 2.05. The summed E-state index contributed by atoms with van der Waals surface area (Å²) in [5.41, 5.74) is 4.52. The second-order valence-corrected chi connectivity index (χ2v) is 4.58. The molecule has 6 heteroatoms. The molecule has 0 unspecified atom stereocenters. The number of pyridine rings is 1. The normalized spacial score (nSPS) is 10.7. The first-order valence-electron chi connectivity index (χ1n) is 5.18. The van der Waals surface area contributed by atoms with Crippen LogP contribution in [-0.4, -0.2) is 14.9 Å². The summed E-state index contributed by atoms with van der Waals surface area (Å²) in [4.78, 5) is 18.1. The average Bonchev–Trinajstić information content (AvgIpc) is 2.86. The van der Waals surface area contributed by atoms with Gasteiger partial charge in [-0.3, -0.25) is 0 Å². The molecule has 0 amide bonds. The number of nitro groups is 1. The number of fused-ring (bicyclic) bond motifs is 1. The number of thiazole rings is 1. The van der Waals surface area contributed by atoms with Gasteiger partial charge >= 0.3 is 5.82 Å². The zero-order chi connectivity index (χ0) is 12.5. The van der Waals surface area contributed by atoms with Crippen LogP contribution in [0.1, 0.15) is 0 Å². The second kappa shape index (κ2) is 4.15. The first kappa shape index (κ1) is 10.8. The lowest BCUT2D eigenvalue weighted by molar-refractivity contribution is -0.389. The van der Waals surface area contributed by atoms with E-state index in [9.17, 15) is 10.1 Å². The molecule has 0 radical (unpaired) electrons. The minimum absolute atomic E-state index is 0.145. The number of benzene rings is 1. The van der Waals surface area contributed by atoms with Gasteiger partial charge in [0, 0.05) is 11.6 Å². The van der Waals surface area contributed by atoms with E-state index in [4.69, 9.17) is 0 Å². The molecule has 1 aromatic carbocycles. The zero-order valence-corrected chi connectivity index (χ0v) is 9.92. The minimum atomic E-state index is -0.507. The summed E-state index contributed by atoms with van der Waals surface area (Å²) in [5, 5.41) is 10.5. The molecule has 0 saturated carbocycles. The first-order valence-corrected chi connectivity index (χ1v) is 6.06. The second-order valence-electron chi connectivity index (χ2n) is 3.70. The largest absolute Gasteiger partial charge is 0.363 e. The Labute approximate surface area is 106 Å². The summed E-state index contributed by atoms with van der Waals surface area (Å²) < 4.78 is 1.12. The number of rotatable bonds is 2. The molecule has 5 nitrogen and oxygen atoms in total. The molecule has 0 atom stereocenters. The van der Waals surface area contributed by atoms with E-state index in [1.54, 1.807) is 22.9 Å². The van der Waals surface area contributed by atoms with Crippen molar-refractivity contribution in [2.75, 3.05) is 0 Å². The quantitative estimate of drug-likeness (QED) is 0.522. The van der Waals surface area contributed by atoms with E-state index in [0.29, 0.717) is 0 Å². The van der Waals surface area contributed by atoms with Gasteiger partial charge in [0.15, 0.2) is 0 Å². The van der Waals surface area contributed by atoms with E-state index in [2.05, 4.69) is 9.97 Å². The lowest BCUT2D eigenvalue weighted by atomic mass is 10.1. The van der Waals surface area contributed by atoms with E-state index in [1.165, 1.54) is 12.3 Å². The van der Waals surface area contributed by atoms with Crippen molar-refractivity contribution >= 4 is 27.4 Å². The fraction of sp³-hybridized carbons (Fsp3) is 0. The molecule has 2 aromatic heterocycles. The summed E-state index contributed by atoms with van der Waals surface area (Å²) in [6, 6.07) is 9.00. The molecule has 0 spiro atoms. The predicted octanol–water partition coefficient (Wildman–Crippen LogP) is 3.27. The molecule has 3 rings (SSSR count). The predicted molar refractivity (Wildman–Crippen MR) is 69.5 cm³/mol. The van der Waals surface area contributed by atoms with Crippen molar-refractivity contribution in [3.8, 4) is 11.1 Å². The monoisotopic (exact) mass is 257 g/mol. The molecule has 0 bridgehead atoms. The van der Waals surface area contributed by atoms with E-state index in [-0.39, 0.29) is 5.82 Å². The van der Waals surface area contributed by atoms with Crippen LogP contribution in [0.15, 0.2) is 42.0 Å². The van der Waals surface area contributed by atoms with E-state index < -0.39 is 4.92 Å². The fourth-order valence-corrected chi connectivity index (χ4v) is 2.36. The van der Waals surface area contributed by atoms with Gasteiger partial charge < -0.3 is 10.1 Å². The average molecular weight is 257 g/mol. The van der Waals surface area contributed by atoms with E-state index >= 15 is 0 Å². The highest BCUT2D eigenvalue weighted by molar-refractivity contribution is 7.16. The molecule has 0 aliphatic rings. The zero-order valence-electron chi connectivity index (χ0n) is 9.11. The molecule has 0 aliphatic carbocycles. The Kier molecular flexibility index (Phi) is 2.49.